The van der Waals surface area contributed by atoms with E-state index in [2.05, 4.69) is 10.3 Å². The van der Waals surface area contributed by atoms with Crippen LogP contribution in [0.5, 0.6) is 0 Å². The van der Waals surface area contributed by atoms with Gasteiger partial charge in [0.1, 0.15) is 12.3 Å². The second-order valence-electron chi connectivity index (χ2n) is 8.24. The standard InChI is InChI=1S/C20H36N6O3/c21-16(12-14-6-2-1-3-7-14)19(29)26-11-5-9-17(26)18(28)25-15(13-27)8-4-10-24-20(22)23/h13-17H,1-12,21H2,(H,25,28)(H4,22,23,24)/t15-,16+,17-/m0/s1. The first-order valence-corrected chi connectivity index (χ1v) is 10.8. The maximum atomic E-state index is 12.9. The van der Waals surface area contributed by atoms with Gasteiger partial charge in [0.2, 0.25) is 11.8 Å². The van der Waals surface area contributed by atoms with Crippen molar-refractivity contribution >= 4 is 24.1 Å². The fourth-order valence-electron chi connectivity index (χ4n) is 4.37. The van der Waals surface area contributed by atoms with E-state index >= 15 is 0 Å². The topological polar surface area (TPSA) is 157 Å². The highest BCUT2D eigenvalue weighted by Gasteiger charge is 2.37. The van der Waals surface area contributed by atoms with Crippen LogP contribution in [0.1, 0.15) is 64.2 Å². The highest BCUT2D eigenvalue weighted by molar-refractivity contribution is 5.91. The molecule has 29 heavy (non-hydrogen) atoms. The Bertz CT molecular complexity index is 587. The molecule has 1 saturated carbocycles. The van der Waals surface area contributed by atoms with Crippen molar-refractivity contribution in [2.75, 3.05) is 13.1 Å². The van der Waals surface area contributed by atoms with Crippen molar-refractivity contribution in [1.82, 2.24) is 10.2 Å². The molecule has 7 N–H and O–H groups in total. The van der Waals surface area contributed by atoms with Crippen LogP contribution in [0.3, 0.4) is 0 Å². The molecule has 9 nitrogen and oxygen atoms in total. The van der Waals surface area contributed by atoms with Crippen LogP contribution in [0.15, 0.2) is 4.99 Å². The molecule has 2 rings (SSSR count). The van der Waals surface area contributed by atoms with E-state index in [1.807, 2.05) is 0 Å². The van der Waals surface area contributed by atoms with Gasteiger partial charge >= 0.3 is 0 Å². The number of hydrogen-bond donors (Lipinski definition) is 4. The Hall–Kier alpha value is -2.16. The predicted molar refractivity (Wildman–Crippen MR) is 112 cm³/mol. The lowest BCUT2D eigenvalue weighted by atomic mass is 9.84. The minimum atomic E-state index is -0.620. The third kappa shape index (κ3) is 7.30. The van der Waals surface area contributed by atoms with Gasteiger partial charge in [-0.1, -0.05) is 32.1 Å². The first-order valence-electron chi connectivity index (χ1n) is 10.8. The van der Waals surface area contributed by atoms with Crippen LogP contribution in [0.2, 0.25) is 0 Å². The van der Waals surface area contributed by atoms with Crippen LogP contribution in [-0.4, -0.2) is 60.2 Å². The van der Waals surface area contributed by atoms with Gasteiger partial charge in [0.25, 0.3) is 0 Å². The fraction of sp³-hybridized carbons (Fsp3) is 0.800. The van der Waals surface area contributed by atoms with Crippen molar-refractivity contribution in [3.05, 3.63) is 0 Å². The van der Waals surface area contributed by atoms with Gasteiger partial charge in [-0.25, -0.2) is 0 Å². The second-order valence-corrected chi connectivity index (χ2v) is 8.24. The average Bonchev–Trinajstić information content (AvgIpc) is 3.20. The van der Waals surface area contributed by atoms with Gasteiger partial charge in [0, 0.05) is 13.1 Å². The van der Waals surface area contributed by atoms with E-state index in [1.165, 1.54) is 19.3 Å². The van der Waals surface area contributed by atoms with Gasteiger partial charge in [0.05, 0.1) is 12.1 Å². The zero-order chi connectivity index (χ0) is 21.2. The molecule has 0 aromatic heterocycles. The number of aldehydes is 1. The van der Waals surface area contributed by atoms with Crippen molar-refractivity contribution < 1.29 is 14.4 Å². The van der Waals surface area contributed by atoms with E-state index in [0.717, 1.165) is 19.3 Å². The number of rotatable bonds is 10. The molecule has 1 saturated heterocycles. The summed E-state index contributed by atoms with van der Waals surface area (Å²) < 4.78 is 0. The molecular weight excluding hydrogens is 372 g/mol. The largest absolute Gasteiger partial charge is 0.370 e. The maximum Gasteiger partial charge on any atom is 0.243 e. The molecule has 0 aromatic carbocycles. The third-order valence-corrected chi connectivity index (χ3v) is 5.93. The number of carbonyl (C=O) groups excluding carboxylic acids is 3. The predicted octanol–water partition coefficient (Wildman–Crippen LogP) is 0.0124. The lowest BCUT2D eigenvalue weighted by molar-refractivity contribution is -0.140. The van der Waals surface area contributed by atoms with Gasteiger partial charge in [-0.05, 0) is 38.0 Å². The number of aliphatic imine (C=N–C) groups is 1. The molecule has 0 unspecified atom stereocenters. The van der Waals surface area contributed by atoms with Crippen LogP contribution in [-0.2, 0) is 14.4 Å². The van der Waals surface area contributed by atoms with Crippen LogP contribution in [0.25, 0.3) is 0 Å². The first kappa shape index (κ1) is 23.1. The molecule has 0 spiro atoms. The summed E-state index contributed by atoms with van der Waals surface area (Å²) in [4.78, 5) is 42.4. The number of guanidine groups is 1. The van der Waals surface area contributed by atoms with Gasteiger partial charge in [-0.2, -0.15) is 0 Å². The van der Waals surface area contributed by atoms with E-state index in [4.69, 9.17) is 17.2 Å². The molecule has 164 valence electrons. The molecule has 3 atom stereocenters. The van der Waals surface area contributed by atoms with Crippen LogP contribution in [0.4, 0.5) is 0 Å². The lowest BCUT2D eigenvalue weighted by Crippen LogP contribution is -2.53. The molecule has 2 aliphatic rings. The summed E-state index contributed by atoms with van der Waals surface area (Å²) in [5, 5.41) is 2.75. The smallest absolute Gasteiger partial charge is 0.243 e. The number of nitrogens with zero attached hydrogens (tertiary/aromatic N) is 2. The van der Waals surface area contributed by atoms with E-state index in [0.29, 0.717) is 51.0 Å². The molecule has 9 heteroatoms. The molecule has 2 fully saturated rings. The highest BCUT2D eigenvalue weighted by Crippen LogP contribution is 2.28. The normalized spacial score (nSPS) is 22.0. The number of hydrogen-bond acceptors (Lipinski definition) is 5. The zero-order valence-corrected chi connectivity index (χ0v) is 17.2. The minimum absolute atomic E-state index is 0.00126. The molecule has 0 aromatic rings. The van der Waals surface area contributed by atoms with Crippen molar-refractivity contribution in [2.45, 2.75) is 82.3 Å². The summed E-state index contributed by atoms with van der Waals surface area (Å²) in [6.07, 6.45) is 9.69. The highest BCUT2D eigenvalue weighted by atomic mass is 16.2. The Morgan fingerprint density at radius 2 is 1.86 bits per heavy atom. The first-order chi connectivity index (χ1) is 13.9. The molecule has 1 heterocycles. The Labute approximate surface area is 172 Å². The molecule has 2 amide bonds. The van der Waals surface area contributed by atoms with Crippen molar-refractivity contribution in [3.63, 3.8) is 0 Å². The number of nitrogens with one attached hydrogen (secondary N) is 1. The van der Waals surface area contributed by atoms with Gasteiger partial charge < -0.3 is 32.2 Å². The maximum absolute atomic E-state index is 12.9. The summed E-state index contributed by atoms with van der Waals surface area (Å²) in [7, 11) is 0. The lowest BCUT2D eigenvalue weighted by Gasteiger charge is -2.30. The Morgan fingerprint density at radius 3 is 2.52 bits per heavy atom. The van der Waals surface area contributed by atoms with Crippen LogP contribution < -0.4 is 22.5 Å². The summed E-state index contributed by atoms with van der Waals surface area (Å²) in [6, 6.07) is -1.74. The zero-order valence-electron chi connectivity index (χ0n) is 17.2. The second kappa shape index (κ2) is 11.7. The summed E-state index contributed by atoms with van der Waals surface area (Å²) >= 11 is 0. The van der Waals surface area contributed by atoms with E-state index in [-0.39, 0.29) is 17.8 Å². The Balaban J connectivity index is 1.85. The fourth-order valence-corrected chi connectivity index (χ4v) is 4.37. The molecule has 0 radical (unpaired) electrons. The van der Waals surface area contributed by atoms with Crippen molar-refractivity contribution in [2.24, 2.45) is 28.1 Å². The van der Waals surface area contributed by atoms with Gasteiger partial charge in [-0.3, -0.25) is 14.6 Å². The minimum Gasteiger partial charge on any atom is -0.370 e. The molecule has 1 aliphatic carbocycles. The van der Waals surface area contributed by atoms with Crippen molar-refractivity contribution in [3.8, 4) is 0 Å². The number of nitrogens with two attached hydrogens (primary N) is 3. The van der Waals surface area contributed by atoms with Crippen LogP contribution >= 0.6 is 0 Å². The van der Waals surface area contributed by atoms with E-state index < -0.39 is 18.1 Å². The van der Waals surface area contributed by atoms with Crippen LogP contribution in [0, 0.1) is 5.92 Å². The Morgan fingerprint density at radius 1 is 1.14 bits per heavy atom. The number of carbonyl (C=O) groups is 3. The van der Waals surface area contributed by atoms with Gasteiger partial charge in [-0.15, -0.1) is 0 Å². The molecule has 0 bridgehead atoms. The number of likely N-dealkylation sites (tertiary alicyclic amines) is 1. The van der Waals surface area contributed by atoms with E-state index in [1.54, 1.807) is 4.90 Å². The number of amides is 2. The summed E-state index contributed by atoms with van der Waals surface area (Å²) in [6.45, 7) is 0.929. The SMILES string of the molecule is NC(N)=NCCC[C@@H](C=O)NC(=O)[C@@H]1CCCN1C(=O)[C@H](N)CC1CCCCC1. The average molecular weight is 409 g/mol. The van der Waals surface area contributed by atoms with Crippen molar-refractivity contribution in [1.29, 1.82) is 0 Å². The van der Waals surface area contributed by atoms with E-state index in [9.17, 15) is 14.4 Å². The summed E-state index contributed by atoms with van der Waals surface area (Å²) in [5.41, 5.74) is 16.8. The molecular formula is C20H36N6O3. The summed E-state index contributed by atoms with van der Waals surface area (Å²) in [5.74, 6) is 0.0619. The quantitative estimate of drug-likeness (QED) is 0.173. The Kier molecular flexibility index (Phi) is 9.37. The monoisotopic (exact) mass is 408 g/mol. The molecule has 1 aliphatic heterocycles. The third-order valence-electron chi connectivity index (χ3n) is 5.93. The van der Waals surface area contributed by atoms with Gasteiger partial charge in [0.15, 0.2) is 5.96 Å².